The molecule has 1 saturated carbocycles. The molecule has 7 nitrogen and oxygen atoms in total. The van der Waals surface area contributed by atoms with Gasteiger partial charge in [-0.3, -0.25) is 9.78 Å². The second-order valence-electron chi connectivity index (χ2n) is 6.90. The molecule has 0 unspecified atom stereocenters. The summed E-state index contributed by atoms with van der Waals surface area (Å²) in [6.07, 6.45) is 5.31. The van der Waals surface area contributed by atoms with Crippen molar-refractivity contribution in [3.8, 4) is 0 Å². The summed E-state index contributed by atoms with van der Waals surface area (Å²) in [7, 11) is -3.49. The molecule has 2 aromatic rings. The molecule has 8 heteroatoms. The van der Waals surface area contributed by atoms with Crippen LogP contribution in [0.25, 0.3) is 0 Å². The third-order valence-electron chi connectivity index (χ3n) is 4.91. The molecule has 4 rings (SSSR count). The molecule has 0 atom stereocenters. The van der Waals surface area contributed by atoms with Crippen LogP contribution in [0.4, 0.5) is 5.69 Å². The van der Waals surface area contributed by atoms with E-state index in [1.165, 1.54) is 12.1 Å². The first-order valence-electron chi connectivity index (χ1n) is 9.09. The first kappa shape index (κ1) is 17.9. The molecule has 142 valence electrons. The fourth-order valence-corrected chi connectivity index (χ4v) is 4.48. The SMILES string of the molecule is O=C(c1ccc(S(=O)(=O)NC2CC2)cc1)N1CCN(c2ccncc2)CC1. The van der Waals surface area contributed by atoms with Crippen molar-refractivity contribution in [1.82, 2.24) is 14.6 Å². The zero-order chi connectivity index (χ0) is 18.9. The lowest BCUT2D eigenvalue weighted by Crippen LogP contribution is -2.48. The minimum atomic E-state index is -3.49. The van der Waals surface area contributed by atoms with Crippen molar-refractivity contribution in [2.24, 2.45) is 0 Å². The van der Waals surface area contributed by atoms with E-state index < -0.39 is 10.0 Å². The Kier molecular flexibility index (Phi) is 4.84. The number of hydrogen-bond donors (Lipinski definition) is 1. The Morgan fingerprint density at radius 2 is 1.59 bits per heavy atom. The first-order valence-corrected chi connectivity index (χ1v) is 10.6. The molecule has 0 bridgehead atoms. The van der Waals surface area contributed by atoms with Gasteiger partial charge in [0.05, 0.1) is 4.90 Å². The maximum Gasteiger partial charge on any atom is 0.253 e. The number of benzene rings is 1. The number of amides is 1. The van der Waals surface area contributed by atoms with E-state index in [0.29, 0.717) is 18.7 Å². The van der Waals surface area contributed by atoms with Crippen LogP contribution in [-0.4, -0.2) is 56.4 Å². The molecule has 2 heterocycles. The van der Waals surface area contributed by atoms with Crippen LogP contribution in [0.15, 0.2) is 53.7 Å². The van der Waals surface area contributed by atoms with Crippen LogP contribution in [0, 0.1) is 0 Å². The lowest BCUT2D eigenvalue weighted by Gasteiger charge is -2.36. The predicted molar refractivity (Wildman–Crippen MR) is 102 cm³/mol. The predicted octanol–water partition coefficient (Wildman–Crippen LogP) is 1.48. The van der Waals surface area contributed by atoms with E-state index in [0.717, 1.165) is 31.6 Å². The third kappa shape index (κ3) is 4.12. The van der Waals surface area contributed by atoms with Gasteiger partial charge < -0.3 is 9.80 Å². The number of piperazine rings is 1. The standard InChI is InChI=1S/C19H22N4O3S/c24-19(23-13-11-22(12-14-23)17-7-9-20-10-8-17)15-1-5-18(6-2-15)27(25,26)21-16-3-4-16/h1-2,5-10,16,21H,3-4,11-14H2. The summed E-state index contributed by atoms with van der Waals surface area (Å²) < 4.78 is 27.1. The van der Waals surface area contributed by atoms with Crippen molar-refractivity contribution in [2.75, 3.05) is 31.1 Å². The summed E-state index contributed by atoms with van der Waals surface area (Å²) in [4.78, 5) is 21.0. The number of carbonyl (C=O) groups excluding carboxylic acids is 1. The van der Waals surface area contributed by atoms with Gasteiger partial charge in [0.2, 0.25) is 10.0 Å². The minimum Gasteiger partial charge on any atom is -0.368 e. The van der Waals surface area contributed by atoms with Crippen molar-refractivity contribution in [1.29, 1.82) is 0 Å². The van der Waals surface area contributed by atoms with Crippen LogP contribution in [0.5, 0.6) is 0 Å². The summed E-state index contributed by atoms with van der Waals surface area (Å²) in [6, 6.07) is 10.2. The number of pyridine rings is 1. The van der Waals surface area contributed by atoms with Crippen molar-refractivity contribution < 1.29 is 13.2 Å². The lowest BCUT2D eigenvalue weighted by atomic mass is 10.2. The van der Waals surface area contributed by atoms with Crippen LogP contribution in [0.2, 0.25) is 0 Å². The molecule has 1 aliphatic carbocycles. The average Bonchev–Trinajstić information content (AvgIpc) is 3.52. The maximum atomic E-state index is 12.7. The molecule has 0 radical (unpaired) electrons. The highest BCUT2D eigenvalue weighted by Crippen LogP contribution is 2.22. The van der Waals surface area contributed by atoms with Crippen molar-refractivity contribution >= 4 is 21.6 Å². The molecule has 0 spiro atoms. The Morgan fingerprint density at radius 3 is 2.19 bits per heavy atom. The number of rotatable bonds is 5. The molecule has 1 saturated heterocycles. The first-order chi connectivity index (χ1) is 13.0. The number of hydrogen-bond acceptors (Lipinski definition) is 5. The van der Waals surface area contributed by atoms with E-state index in [2.05, 4.69) is 14.6 Å². The maximum absolute atomic E-state index is 12.7. The van der Waals surface area contributed by atoms with Gasteiger partial charge in [-0.2, -0.15) is 0 Å². The van der Waals surface area contributed by atoms with Gasteiger partial charge in [-0.25, -0.2) is 13.1 Å². The van der Waals surface area contributed by atoms with E-state index >= 15 is 0 Å². The fraction of sp³-hybridized carbons (Fsp3) is 0.368. The van der Waals surface area contributed by atoms with E-state index in [4.69, 9.17) is 0 Å². The van der Waals surface area contributed by atoms with Crippen molar-refractivity contribution in [3.63, 3.8) is 0 Å². The highest BCUT2D eigenvalue weighted by atomic mass is 32.2. The molecule has 1 aromatic heterocycles. The monoisotopic (exact) mass is 386 g/mol. The van der Waals surface area contributed by atoms with Gasteiger partial charge in [0.1, 0.15) is 0 Å². The number of aromatic nitrogens is 1. The number of carbonyl (C=O) groups is 1. The quantitative estimate of drug-likeness (QED) is 0.842. The van der Waals surface area contributed by atoms with Gasteiger partial charge >= 0.3 is 0 Å². The normalized spacial score (nSPS) is 17.8. The molecule has 1 aliphatic heterocycles. The molecular weight excluding hydrogens is 364 g/mol. The lowest BCUT2D eigenvalue weighted by molar-refractivity contribution is 0.0746. The number of sulfonamides is 1. The second kappa shape index (κ2) is 7.28. The fourth-order valence-electron chi connectivity index (χ4n) is 3.17. The highest BCUT2D eigenvalue weighted by molar-refractivity contribution is 7.89. The largest absolute Gasteiger partial charge is 0.368 e. The summed E-state index contributed by atoms with van der Waals surface area (Å²) in [5, 5.41) is 0. The Labute approximate surface area is 159 Å². The second-order valence-corrected chi connectivity index (χ2v) is 8.62. The zero-order valence-corrected chi connectivity index (χ0v) is 15.7. The van der Waals surface area contributed by atoms with Crippen LogP contribution in [0.3, 0.4) is 0 Å². The van der Waals surface area contributed by atoms with Gasteiger partial charge in [-0.05, 0) is 49.2 Å². The summed E-state index contributed by atoms with van der Waals surface area (Å²) in [5.41, 5.74) is 1.62. The smallest absolute Gasteiger partial charge is 0.253 e. The average molecular weight is 386 g/mol. The Balaban J connectivity index is 1.38. The third-order valence-corrected chi connectivity index (χ3v) is 6.44. The number of nitrogens with one attached hydrogen (secondary N) is 1. The van der Waals surface area contributed by atoms with Crippen molar-refractivity contribution in [3.05, 3.63) is 54.4 Å². The molecule has 27 heavy (non-hydrogen) atoms. The summed E-state index contributed by atoms with van der Waals surface area (Å²) >= 11 is 0. The van der Waals surface area contributed by atoms with E-state index in [9.17, 15) is 13.2 Å². The Bertz CT molecular complexity index is 904. The molecule has 2 fully saturated rings. The van der Waals surface area contributed by atoms with Gasteiger partial charge in [0.15, 0.2) is 0 Å². The van der Waals surface area contributed by atoms with E-state index in [1.54, 1.807) is 24.5 Å². The summed E-state index contributed by atoms with van der Waals surface area (Å²) in [5.74, 6) is -0.0662. The van der Waals surface area contributed by atoms with E-state index in [-0.39, 0.29) is 16.8 Å². The number of nitrogens with zero attached hydrogens (tertiary/aromatic N) is 3. The van der Waals surface area contributed by atoms with Crippen LogP contribution in [0.1, 0.15) is 23.2 Å². The van der Waals surface area contributed by atoms with Gasteiger partial charge in [0, 0.05) is 55.9 Å². The van der Waals surface area contributed by atoms with Crippen LogP contribution >= 0.6 is 0 Å². The molecule has 1 N–H and O–H groups in total. The van der Waals surface area contributed by atoms with Gasteiger partial charge in [-0.15, -0.1) is 0 Å². The van der Waals surface area contributed by atoms with Crippen LogP contribution in [-0.2, 0) is 10.0 Å². The molecule has 1 aromatic carbocycles. The number of anilines is 1. The van der Waals surface area contributed by atoms with Gasteiger partial charge in [-0.1, -0.05) is 0 Å². The Morgan fingerprint density at radius 1 is 0.963 bits per heavy atom. The van der Waals surface area contributed by atoms with Crippen molar-refractivity contribution in [2.45, 2.75) is 23.8 Å². The molecule has 1 amide bonds. The van der Waals surface area contributed by atoms with Gasteiger partial charge in [0.25, 0.3) is 5.91 Å². The molecule has 2 aliphatic rings. The van der Waals surface area contributed by atoms with Crippen LogP contribution < -0.4 is 9.62 Å². The Hall–Kier alpha value is -2.45. The minimum absolute atomic E-state index is 0.0630. The highest BCUT2D eigenvalue weighted by Gasteiger charge is 2.28. The summed E-state index contributed by atoms with van der Waals surface area (Å²) in [6.45, 7) is 2.77. The topological polar surface area (TPSA) is 82.6 Å². The molecular formula is C19H22N4O3S. The zero-order valence-electron chi connectivity index (χ0n) is 14.9. The van der Waals surface area contributed by atoms with E-state index in [1.807, 2.05) is 17.0 Å².